The van der Waals surface area contributed by atoms with E-state index in [1.54, 1.807) is 24.3 Å². The van der Waals surface area contributed by atoms with Crippen molar-refractivity contribution in [2.75, 3.05) is 24.2 Å². The number of fused-ring (bicyclic) bond motifs is 1. The second-order valence-electron chi connectivity index (χ2n) is 5.88. The zero-order valence-electron chi connectivity index (χ0n) is 14.4. The van der Waals surface area contributed by atoms with Gasteiger partial charge in [-0.1, -0.05) is 0 Å². The van der Waals surface area contributed by atoms with Gasteiger partial charge in [-0.15, -0.1) is 11.8 Å². The zero-order chi connectivity index (χ0) is 18.7. The van der Waals surface area contributed by atoms with Gasteiger partial charge in [0.15, 0.2) is 17.3 Å². The quantitative estimate of drug-likeness (QED) is 0.600. The first-order valence-electron chi connectivity index (χ1n) is 8.00. The van der Waals surface area contributed by atoms with Crippen LogP contribution < -0.4 is 14.2 Å². The van der Waals surface area contributed by atoms with Crippen LogP contribution >= 0.6 is 11.8 Å². The molecule has 2 aromatic rings. The second-order valence-corrected chi connectivity index (χ2v) is 9.04. The van der Waals surface area contributed by atoms with Gasteiger partial charge in [-0.3, -0.25) is 9.52 Å². The number of hydrogen-bond donors (Lipinski definition) is 1. The first kappa shape index (κ1) is 18.6. The molecule has 0 aromatic heterocycles. The third-order valence-electron chi connectivity index (χ3n) is 3.67. The molecule has 0 bridgehead atoms. The van der Waals surface area contributed by atoms with Crippen molar-refractivity contribution in [3.63, 3.8) is 0 Å². The highest BCUT2D eigenvalue weighted by Crippen LogP contribution is 2.36. The number of anilines is 1. The van der Waals surface area contributed by atoms with E-state index in [9.17, 15) is 13.2 Å². The van der Waals surface area contributed by atoms with E-state index in [2.05, 4.69) is 4.72 Å². The molecule has 8 heteroatoms. The minimum absolute atomic E-state index is 0.0317. The fourth-order valence-corrected chi connectivity index (χ4v) is 4.04. The van der Waals surface area contributed by atoms with Crippen molar-refractivity contribution >= 4 is 33.3 Å². The maximum absolute atomic E-state index is 12.6. The van der Waals surface area contributed by atoms with Gasteiger partial charge in [-0.05, 0) is 49.4 Å². The Bertz CT molecular complexity index is 910. The van der Waals surface area contributed by atoms with Crippen LogP contribution in [0, 0.1) is 0 Å². The summed E-state index contributed by atoms with van der Waals surface area (Å²) in [6.45, 7) is 2.90. The Morgan fingerprint density at radius 1 is 1.08 bits per heavy atom. The van der Waals surface area contributed by atoms with Crippen LogP contribution in [0.25, 0.3) is 0 Å². The third kappa shape index (κ3) is 4.70. The maximum Gasteiger partial charge on any atom is 0.229 e. The summed E-state index contributed by atoms with van der Waals surface area (Å²) in [5.74, 6) is 1.38. The van der Waals surface area contributed by atoms with E-state index in [0.717, 1.165) is 11.2 Å². The van der Waals surface area contributed by atoms with Crippen LogP contribution in [-0.2, 0) is 10.0 Å². The molecule has 26 heavy (non-hydrogen) atoms. The zero-order valence-corrected chi connectivity index (χ0v) is 16.0. The van der Waals surface area contributed by atoms with Crippen LogP contribution in [0.3, 0.4) is 0 Å². The summed E-state index contributed by atoms with van der Waals surface area (Å²) in [7, 11) is -3.34. The Labute approximate surface area is 156 Å². The van der Waals surface area contributed by atoms with E-state index in [-0.39, 0.29) is 11.0 Å². The molecule has 0 saturated heterocycles. The second kappa shape index (κ2) is 7.59. The van der Waals surface area contributed by atoms with Crippen LogP contribution in [0.2, 0.25) is 0 Å². The van der Waals surface area contributed by atoms with E-state index in [4.69, 9.17) is 9.47 Å². The molecule has 0 amide bonds. The van der Waals surface area contributed by atoms with Crippen molar-refractivity contribution in [3.05, 3.63) is 48.0 Å². The molecule has 0 aliphatic carbocycles. The lowest BCUT2D eigenvalue weighted by molar-refractivity contribution is 0.0994. The largest absolute Gasteiger partial charge is 0.486 e. The average Bonchev–Trinajstić information content (AvgIpc) is 2.60. The van der Waals surface area contributed by atoms with Crippen molar-refractivity contribution in [3.8, 4) is 11.5 Å². The highest BCUT2D eigenvalue weighted by atomic mass is 32.2. The summed E-state index contributed by atoms with van der Waals surface area (Å²) in [5, 5.41) is -0.300. The molecule has 1 aliphatic heterocycles. The molecule has 0 radical (unpaired) electrons. The fraction of sp³-hybridized carbons (Fsp3) is 0.278. The van der Waals surface area contributed by atoms with E-state index in [1.807, 2.05) is 25.1 Å². The van der Waals surface area contributed by atoms with Crippen LogP contribution in [0.4, 0.5) is 5.69 Å². The Kier molecular flexibility index (Phi) is 5.43. The topological polar surface area (TPSA) is 81.7 Å². The fourth-order valence-electron chi connectivity index (χ4n) is 2.51. The summed E-state index contributed by atoms with van der Waals surface area (Å²) in [6.07, 6.45) is 1.08. The summed E-state index contributed by atoms with van der Waals surface area (Å²) >= 11 is 1.44. The lowest BCUT2D eigenvalue weighted by Crippen LogP contribution is -2.16. The van der Waals surface area contributed by atoms with Crippen molar-refractivity contribution in [2.24, 2.45) is 0 Å². The highest BCUT2D eigenvalue weighted by molar-refractivity contribution is 8.00. The predicted molar refractivity (Wildman–Crippen MR) is 102 cm³/mol. The minimum Gasteiger partial charge on any atom is -0.486 e. The summed E-state index contributed by atoms with van der Waals surface area (Å²) in [6, 6.07) is 12.0. The number of rotatable bonds is 6. The van der Waals surface area contributed by atoms with Crippen molar-refractivity contribution in [1.82, 2.24) is 0 Å². The molecular weight excluding hydrogens is 374 g/mol. The lowest BCUT2D eigenvalue weighted by atomic mass is 10.1. The highest BCUT2D eigenvalue weighted by Gasteiger charge is 2.19. The van der Waals surface area contributed by atoms with Crippen molar-refractivity contribution in [1.29, 1.82) is 0 Å². The number of hydrogen-bond acceptors (Lipinski definition) is 6. The van der Waals surface area contributed by atoms with Gasteiger partial charge in [0, 0.05) is 16.1 Å². The molecule has 2 aromatic carbocycles. The van der Waals surface area contributed by atoms with E-state index >= 15 is 0 Å². The minimum atomic E-state index is -3.34. The molecule has 138 valence electrons. The molecule has 0 fully saturated rings. The number of ketones is 1. The maximum atomic E-state index is 12.6. The van der Waals surface area contributed by atoms with Crippen LogP contribution in [0.15, 0.2) is 47.4 Å². The molecule has 3 rings (SSSR count). The standard InChI is InChI=1S/C18H19NO5S2/c1-12(25-15-7-8-16-17(11-15)24-10-9-23-16)18(20)13-3-5-14(6-4-13)19-26(2,21)22/h3-8,11-12,19H,9-10H2,1-2H3. The number of ether oxygens (including phenoxy) is 2. The van der Waals surface area contributed by atoms with Gasteiger partial charge < -0.3 is 9.47 Å². The number of carbonyl (C=O) groups excluding carboxylic acids is 1. The van der Waals surface area contributed by atoms with E-state index in [1.165, 1.54) is 11.8 Å². The van der Waals surface area contributed by atoms with Gasteiger partial charge in [-0.2, -0.15) is 0 Å². The summed E-state index contributed by atoms with van der Waals surface area (Å²) in [5.41, 5.74) is 0.956. The van der Waals surface area contributed by atoms with Gasteiger partial charge in [0.2, 0.25) is 10.0 Å². The number of Topliss-reactive ketones (excluding diaryl/α,β-unsaturated/α-hetero) is 1. The van der Waals surface area contributed by atoms with Gasteiger partial charge in [0.1, 0.15) is 13.2 Å². The number of nitrogens with one attached hydrogen (secondary N) is 1. The number of carbonyl (C=O) groups is 1. The third-order valence-corrected chi connectivity index (χ3v) is 5.37. The first-order valence-corrected chi connectivity index (χ1v) is 10.8. The number of benzene rings is 2. The van der Waals surface area contributed by atoms with Gasteiger partial charge >= 0.3 is 0 Å². The summed E-state index contributed by atoms with van der Waals surface area (Å²) < 4.78 is 35.9. The smallest absolute Gasteiger partial charge is 0.229 e. The molecule has 0 spiro atoms. The monoisotopic (exact) mass is 393 g/mol. The van der Waals surface area contributed by atoms with Crippen LogP contribution in [0.1, 0.15) is 17.3 Å². The lowest BCUT2D eigenvalue weighted by Gasteiger charge is -2.19. The normalized spacial score (nSPS) is 14.5. The Morgan fingerprint density at radius 3 is 2.38 bits per heavy atom. The van der Waals surface area contributed by atoms with Crippen molar-refractivity contribution < 1.29 is 22.7 Å². The van der Waals surface area contributed by atoms with Gasteiger partial charge in [0.25, 0.3) is 0 Å². The molecule has 1 aliphatic rings. The van der Waals surface area contributed by atoms with E-state index < -0.39 is 10.0 Å². The average molecular weight is 393 g/mol. The molecule has 1 heterocycles. The first-order chi connectivity index (χ1) is 12.3. The van der Waals surface area contributed by atoms with Gasteiger partial charge in [0.05, 0.1) is 11.5 Å². The van der Waals surface area contributed by atoms with Crippen LogP contribution in [0.5, 0.6) is 11.5 Å². The SMILES string of the molecule is CC(Sc1ccc2c(c1)OCCO2)C(=O)c1ccc(NS(C)(=O)=O)cc1. The molecule has 6 nitrogen and oxygen atoms in total. The Balaban J connectivity index is 1.67. The molecule has 1 unspecified atom stereocenters. The Morgan fingerprint density at radius 2 is 1.73 bits per heavy atom. The molecular formula is C18H19NO5S2. The molecule has 1 N–H and O–H groups in total. The van der Waals surface area contributed by atoms with Gasteiger partial charge in [-0.25, -0.2) is 8.42 Å². The predicted octanol–water partition coefficient (Wildman–Crippen LogP) is 3.19. The van der Waals surface area contributed by atoms with Crippen molar-refractivity contribution in [2.45, 2.75) is 17.1 Å². The van der Waals surface area contributed by atoms with E-state index in [0.29, 0.717) is 36.0 Å². The number of thioether (sulfide) groups is 1. The number of sulfonamides is 1. The van der Waals surface area contributed by atoms with Crippen LogP contribution in [-0.4, -0.2) is 38.9 Å². The summed E-state index contributed by atoms with van der Waals surface area (Å²) in [4.78, 5) is 13.5. The molecule has 1 atom stereocenters. The molecule has 0 saturated carbocycles. The Hall–Kier alpha value is -2.19.